The number of nitrogens with zero attached hydrogens (tertiary/aromatic N) is 1. The van der Waals surface area contributed by atoms with Gasteiger partial charge in [-0.25, -0.2) is 13.2 Å². The van der Waals surface area contributed by atoms with Crippen LogP contribution in [0.4, 0.5) is 10.5 Å². The van der Waals surface area contributed by atoms with Gasteiger partial charge in [-0.05, 0) is 24.6 Å². The Labute approximate surface area is 119 Å². The highest BCUT2D eigenvalue weighted by molar-refractivity contribution is 7.90. The monoisotopic (exact) mass is 300 g/mol. The summed E-state index contributed by atoms with van der Waals surface area (Å²) in [5, 5.41) is 12.1. The van der Waals surface area contributed by atoms with Crippen LogP contribution in [0.1, 0.15) is 18.6 Å². The summed E-state index contributed by atoms with van der Waals surface area (Å²) in [6.07, 6.45) is 0.514. The molecular formula is C13H20N2O4S. The Kier molecular flexibility index (Phi) is 5.52. The van der Waals surface area contributed by atoms with E-state index in [2.05, 4.69) is 5.32 Å². The highest BCUT2D eigenvalue weighted by atomic mass is 32.2. The van der Waals surface area contributed by atoms with Crippen molar-refractivity contribution in [3.63, 3.8) is 0 Å². The minimum absolute atomic E-state index is 0.0787. The molecule has 0 fully saturated rings. The average molecular weight is 300 g/mol. The van der Waals surface area contributed by atoms with Crippen LogP contribution < -0.4 is 5.32 Å². The van der Waals surface area contributed by atoms with Crippen LogP contribution >= 0.6 is 0 Å². The number of hydrogen-bond donors (Lipinski definition) is 2. The molecule has 1 aromatic rings. The van der Waals surface area contributed by atoms with Gasteiger partial charge in [0, 0.05) is 25.5 Å². The molecule has 0 spiro atoms. The minimum atomic E-state index is -3.10. The maximum Gasteiger partial charge on any atom is 0.321 e. The summed E-state index contributed by atoms with van der Waals surface area (Å²) in [5.41, 5.74) is 1.25. The number of anilines is 1. The number of sulfone groups is 1. The van der Waals surface area contributed by atoms with Crippen LogP contribution in [0.15, 0.2) is 24.3 Å². The fourth-order valence-electron chi connectivity index (χ4n) is 1.50. The first-order valence-electron chi connectivity index (χ1n) is 6.17. The highest BCUT2D eigenvalue weighted by Gasteiger charge is 2.12. The summed E-state index contributed by atoms with van der Waals surface area (Å²) in [6.45, 7) is 1.76. The molecule has 0 radical (unpaired) electrons. The summed E-state index contributed by atoms with van der Waals surface area (Å²) in [4.78, 5) is 13.2. The number of aliphatic hydroxyl groups is 1. The van der Waals surface area contributed by atoms with Crippen molar-refractivity contribution in [2.45, 2.75) is 13.0 Å². The van der Waals surface area contributed by atoms with Gasteiger partial charge in [0.15, 0.2) is 0 Å². The molecule has 0 aliphatic rings. The lowest BCUT2D eigenvalue weighted by atomic mass is 10.1. The topological polar surface area (TPSA) is 86.7 Å². The molecule has 0 aliphatic heterocycles. The number of urea groups is 1. The second-order valence-electron chi connectivity index (χ2n) is 4.78. The van der Waals surface area contributed by atoms with Crippen molar-refractivity contribution in [2.24, 2.45) is 0 Å². The van der Waals surface area contributed by atoms with Gasteiger partial charge >= 0.3 is 6.03 Å². The Morgan fingerprint density at radius 1 is 1.45 bits per heavy atom. The van der Waals surface area contributed by atoms with Crippen LogP contribution in [-0.2, 0) is 9.84 Å². The molecule has 1 aromatic carbocycles. The first-order valence-corrected chi connectivity index (χ1v) is 8.23. The Bertz CT molecular complexity index is 569. The minimum Gasteiger partial charge on any atom is -0.389 e. The smallest absolute Gasteiger partial charge is 0.321 e. The van der Waals surface area contributed by atoms with Gasteiger partial charge < -0.3 is 15.3 Å². The molecule has 6 nitrogen and oxygen atoms in total. The van der Waals surface area contributed by atoms with Crippen LogP contribution in [0.2, 0.25) is 0 Å². The zero-order valence-electron chi connectivity index (χ0n) is 11.8. The first kappa shape index (κ1) is 16.5. The summed E-state index contributed by atoms with van der Waals surface area (Å²) < 4.78 is 22.1. The molecule has 2 N–H and O–H groups in total. The molecule has 0 bridgehead atoms. The van der Waals surface area contributed by atoms with Crippen LogP contribution in [0.5, 0.6) is 0 Å². The van der Waals surface area contributed by atoms with Crippen molar-refractivity contribution >= 4 is 21.6 Å². The maximum atomic E-state index is 11.9. The standard InChI is InChI=1S/C13H20N2O4S/c1-10(16)11-5-4-6-12(9-11)14-13(17)15(2)7-8-20(3,18)19/h4-6,9-10,16H,7-8H2,1-3H3,(H,14,17). The molecule has 1 rings (SSSR count). The van der Waals surface area contributed by atoms with Gasteiger partial charge in [-0.2, -0.15) is 0 Å². The van der Waals surface area contributed by atoms with Crippen LogP contribution in [0, 0.1) is 0 Å². The Morgan fingerprint density at radius 3 is 2.65 bits per heavy atom. The molecule has 112 valence electrons. The lowest BCUT2D eigenvalue weighted by Crippen LogP contribution is -2.34. The van der Waals surface area contributed by atoms with Crippen molar-refractivity contribution in [3.8, 4) is 0 Å². The summed E-state index contributed by atoms with van der Waals surface area (Å²) in [6, 6.07) is 6.47. The molecular weight excluding hydrogens is 280 g/mol. The predicted octanol–water partition coefficient (Wildman–Crippen LogP) is 1.25. The third-order valence-corrected chi connectivity index (χ3v) is 3.69. The lowest BCUT2D eigenvalue weighted by molar-refractivity contribution is 0.199. The SMILES string of the molecule is CC(O)c1cccc(NC(=O)N(C)CCS(C)(=O)=O)c1. The molecule has 1 atom stereocenters. The summed E-state index contributed by atoms with van der Waals surface area (Å²) >= 11 is 0. The van der Waals surface area contributed by atoms with Gasteiger partial charge in [0.25, 0.3) is 0 Å². The number of carbonyl (C=O) groups excluding carboxylic acids is 1. The fourth-order valence-corrected chi connectivity index (χ4v) is 2.10. The molecule has 7 heteroatoms. The number of carbonyl (C=O) groups is 1. The predicted molar refractivity (Wildman–Crippen MR) is 78.4 cm³/mol. The molecule has 1 unspecified atom stereocenters. The van der Waals surface area contributed by atoms with Gasteiger partial charge in [0.1, 0.15) is 9.84 Å². The van der Waals surface area contributed by atoms with E-state index in [1.165, 1.54) is 11.9 Å². The quantitative estimate of drug-likeness (QED) is 0.857. The fraction of sp³-hybridized carbons (Fsp3) is 0.462. The van der Waals surface area contributed by atoms with E-state index in [1.807, 2.05) is 0 Å². The second-order valence-corrected chi connectivity index (χ2v) is 7.04. The molecule has 2 amide bonds. The van der Waals surface area contributed by atoms with E-state index in [9.17, 15) is 18.3 Å². The van der Waals surface area contributed by atoms with Crippen LogP contribution in [-0.4, -0.2) is 50.1 Å². The lowest BCUT2D eigenvalue weighted by Gasteiger charge is -2.18. The second kappa shape index (κ2) is 6.71. The van der Waals surface area contributed by atoms with Gasteiger partial charge in [-0.3, -0.25) is 0 Å². The molecule has 0 heterocycles. The molecule has 0 saturated heterocycles. The van der Waals surface area contributed by atoms with E-state index in [1.54, 1.807) is 31.2 Å². The third kappa shape index (κ3) is 5.58. The van der Waals surface area contributed by atoms with Crippen LogP contribution in [0.3, 0.4) is 0 Å². The molecule has 0 aromatic heterocycles. The van der Waals surface area contributed by atoms with Crippen molar-refractivity contribution in [1.82, 2.24) is 4.90 Å². The number of aliphatic hydroxyl groups excluding tert-OH is 1. The number of nitrogens with one attached hydrogen (secondary N) is 1. The van der Waals surface area contributed by atoms with Gasteiger partial charge in [0.2, 0.25) is 0 Å². The summed E-state index contributed by atoms with van der Waals surface area (Å²) in [5.74, 6) is -0.0787. The van der Waals surface area contributed by atoms with E-state index < -0.39 is 22.0 Å². The van der Waals surface area contributed by atoms with Crippen LogP contribution in [0.25, 0.3) is 0 Å². The highest BCUT2D eigenvalue weighted by Crippen LogP contribution is 2.17. The Morgan fingerprint density at radius 2 is 2.10 bits per heavy atom. The molecule has 0 saturated carbocycles. The van der Waals surface area contributed by atoms with E-state index in [0.29, 0.717) is 11.3 Å². The van der Waals surface area contributed by atoms with Gasteiger partial charge in [0.05, 0.1) is 11.9 Å². The van der Waals surface area contributed by atoms with Gasteiger partial charge in [-0.1, -0.05) is 12.1 Å². The zero-order valence-corrected chi connectivity index (χ0v) is 12.6. The van der Waals surface area contributed by atoms with E-state index >= 15 is 0 Å². The van der Waals surface area contributed by atoms with E-state index in [0.717, 1.165) is 6.26 Å². The van der Waals surface area contributed by atoms with E-state index in [4.69, 9.17) is 0 Å². The number of amides is 2. The Hall–Kier alpha value is -1.60. The van der Waals surface area contributed by atoms with Gasteiger partial charge in [-0.15, -0.1) is 0 Å². The number of rotatable bonds is 5. The number of hydrogen-bond acceptors (Lipinski definition) is 4. The zero-order chi connectivity index (χ0) is 15.3. The van der Waals surface area contributed by atoms with Crippen molar-refractivity contribution in [3.05, 3.63) is 29.8 Å². The van der Waals surface area contributed by atoms with Crippen molar-refractivity contribution in [1.29, 1.82) is 0 Å². The normalized spacial score (nSPS) is 12.8. The van der Waals surface area contributed by atoms with Crippen molar-refractivity contribution < 1.29 is 18.3 Å². The van der Waals surface area contributed by atoms with Crippen molar-refractivity contribution in [2.75, 3.05) is 30.9 Å². The Balaban J connectivity index is 2.63. The molecule has 20 heavy (non-hydrogen) atoms. The number of benzene rings is 1. The maximum absolute atomic E-state index is 11.9. The third-order valence-electron chi connectivity index (χ3n) is 2.76. The molecule has 0 aliphatic carbocycles. The average Bonchev–Trinajstić information content (AvgIpc) is 2.35. The first-order chi connectivity index (χ1) is 9.19. The summed E-state index contributed by atoms with van der Waals surface area (Å²) in [7, 11) is -1.57. The van der Waals surface area contributed by atoms with E-state index in [-0.39, 0.29) is 12.3 Å². The largest absolute Gasteiger partial charge is 0.389 e.